The molecule has 0 saturated carbocycles. The quantitative estimate of drug-likeness (QED) is 0.897. The number of rotatable bonds is 4. The molecule has 1 amide bonds. The average Bonchev–Trinajstić information content (AvgIpc) is 3.21. The van der Waals surface area contributed by atoms with Gasteiger partial charge in [-0.05, 0) is 24.3 Å². The number of carbonyl (C=O) groups excluding carboxylic acids is 1. The fraction of sp³-hybridized carbons (Fsp3) is 0.133. The van der Waals surface area contributed by atoms with E-state index in [1.807, 2.05) is 0 Å². The van der Waals surface area contributed by atoms with E-state index in [0.29, 0.717) is 6.42 Å². The molecule has 9 heteroatoms. The number of hydrogen-bond acceptors (Lipinski definition) is 4. The molecule has 1 aromatic carbocycles. The molecule has 1 N–H and O–H groups in total. The van der Waals surface area contributed by atoms with Crippen LogP contribution < -0.4 is 5.32 Å². The first-order valence-corrected chi connectivity index (χ1v) is 8.70. The minimum atomic E-state index is -4.16. The number of benzene rings is 1. The summed E-state index contributed by atoms with van der Waals surface area (Å²) in [6.45, 7) is 0. The summed E-state index contributed by atoms with van der Waals surface area (Å²) in [6.07, 6.45) is 5.33. The van der Waals surface area contributed by atoms with Gasteiger partial charge in [0.05, 0.1) is 17.0 Å². The maximum Gasteiger partial charge on any atom is 0.270 e. The van der Waals surface area contributed by atoms with Crippen LogP contribution in [0, 0.1) is 5.82 Å². The van der Waals surface area contributed by atoms with Crippen LogP contribution in [0.25, 0.3) is 0 Å². The molecule has 6 nitrogen and oxygen atoms in total. The third kappa shape index (κ3) is 3.02. The van der Waals surface area contributed by atoms with Gasteiger partial charge in [-0.3, -0.25) is 4.79 Å². The minimum Gasteiger partial charge on any atom is -0.488 e. The zero-order chi connectivity index (χ0) is 17.3. The zero-order valence-electron chi connectivity index (χ0n) is 12.1. The van der Waals surface area contributed by atoms with E-state index in [4.69, 9.17) is 16.3 Å². The smallest absolute Gasteiger partial charge is 0.270 e. The van der Waals surface area contributed by atoms with Crippen molar-refractivity contribution in [2.24, 2.45) is 0 Å². The SMILES string of the molecule is O=C(Nc1ccn(S(=O)(=O)c2cccc(Cl)c2F)c1)C1CC=CO1. The zero-order valence-corrected chi connectivity index (χ0v) is 13.7. The Kier molecular flexibility index (Phi) is 4.33. The van der Waals surface area contributed by atoms with E-state index >= 15 is 0 Å². The molecule has 1 aliphatic heterocycles. The van der Waals surface area contributed by atoms with Crippen molar-refractivity contribution in [2.75, 3.05) is 5.32 Å². The van der Waals surface area contributed by atoms with Gasteiger partial charge < -0.3 is 10.1 Å². The first-order chi connectivity index (χ1) is 11.4. The number of halogens is 2. The molecule has 1 aliphatic rings. The third-order valence-electron chi connectivity index (χ3n) is 3.39. The molecule has 0 saturated heterocycles. The van der Waals surface area contributed by atoms with Crippen molar-refractivity contribution in [3.05, 3.63) is 59.8 Å². The Labute approximate surface area is 142 Å². The lowest BCUT2D eigenvalue weighted by atomic mass is 10.2. The topological polar surface area (TPSA) is 77.4 Å². The molecule has 2 aromatic rings. The highest BCUT2D eigenvalue weighted by atomic mass is 35.5. The first kappa shape index (κ1) is 16.5. The monoisotopic (exact) mass is 370 g/mol. The van der Waals surface area contributed by atoms with Crippen LogP contribution in [0.1, 0.15) is 6.42 Å². The molecular formula is C15H12ClFN2O4S. The largest absolute Gasteiger partial charge is 0.488 e. The maximum atomic E-state index is 14.0. The van der Waals surface area contributed by atoms with Crippen LogP contribution in [0.2, 0.25) is 5.02 Å². The maximum absolute atomic E-state index is 14.0. The molecule has 1 aromatic heterocycles. The van der Waals surface area contributed by atoms with Crippen LogP contribution in [0.5, 0.6) is 0 Å². The van der Waals surface area contributed by atoms with Crippen molar-refractivity contribution in [1.82, 2.24) is 3.97 Å². The molecule has 1 atom stereocenters. The van der Waals surface area contributed by atoms with Crippen LogP contribution in [-0.2, 0) is 19.6 Å². The molecule has 0 radical (unpaired) electrons. The molecule has 0 aliphatic carbocycles. The minimum absolute atomic E-state index is 0.251. The standard InChI is InChI=1S/C15H12ClFN2O4S/c16-11-3-1-5-13(14(11)17)24(21,22)19-7-6-10(9-19)18-15(20)12-4-2-8-23-12/h1-3,5-9,12H,4H2,(H,18,20). The second-order valence-electron chi connectivity index (χ2n) is 5.01. The number of nitrogens with one attached hydrogen (secondary N) is 1. The molecule has 1 unspecified atom stereocenters. The van der Waals surface area contributed by atoms with Gasteiger partial charge in [0, 0.05) is 18.8 Å². The third-order valence-corrected chi connectivity index (χ3v) is 5.33. The van der Waals surface area contributed by atoms with Crippen molar-refractivity contribution >= 4 is 33.2 Å². The van der Waals surface area contributed by atoms with E-state index in [1.54, 1.807) is 6.08 Å². The molecular weight excluding hydrogens is 359 g/mol. The Hall–Kier alpha value is -2.32. The van der Waals surface area contributed by atoms with Gasteiger partial charge >= 0.3 is 0 Å². The van der Waals surface area contributed by atoms with Gasteiger partial charge in [0.2, 0.25) is 0 Å². The summed E-state index contributed by atoms with van der Waals surface area (Å²) in [4.78, 5) is 11.4. The van der Waals surface area contributed by atoms with Gasteiger partial charge in [0.1, 0.15) is 4.90 Å². The number of ether oxygens (including phenoxy) is 1. The highest BCUT2D eigenvalue weighted by molar-refractivity contribution is 7.90. The number of nitrogens with zero attached hydrogens (tertiary/aromatic N) is 1. The second kappa shape index (κ2) is 6.29. The molecule has 0 fully saturated rings. The van der Waals surface area contributed by atoms with Crippen LogP contribution in [0.15, 0.2) is 53.9 Å². The number of anilines is 1. The van der Waals surface area contributed by atoms with Gasteiger partial charge in [-0.15, -0.1) is 0 Å². The van der Waals surface area contributed by atoms with Gasteiger partial charge in [-0.2, -0.15) is 0 Å². The van der Waals surface area contributed by atoms with E-state index in [0.717, 1.165) is 10.0 Å². The Morgan fingerprint density at radius 2 is 2.17 bits per heavy atom. The molecule has 2 heterocycles. The highest BCUT2D eigenvalue weighted by Crippen LogP contribution is 2.25. The lowest BCUT2D eigenvalue weighted by molar-refractivity contribution is -0.123. The van der Waals surface area contributed by atoms with E-state index in [9.17, 15) is 17.6 Å². The van der Waals surface area contributed by atoms with Crippen LogP contribution in [0.3, 0.4) is 0 Å². The summed E-state index contributed by atoms with van der Waals surface area (Å²) in [5.74, 6) is -1.42. The Morgan fingerprint density at radius 3 is 2.88 bits per heavy atom. The van der Waals surface area contributed by atoms with Gasteiger partial charge in [0.15, 0.2) is 11.9 Å². The summed E-state index contributed by atoms with van der Waals surface area (Å²) in [5, 5.41) is 2.26. The van der Waals surface area contributed by atoms with E-state index in [1.165, 1.54) is 36.9 Å². The number of aromatic nitrogens is 1. The summed E-state index contributed by atoms with van der Waals surface area (Å²) >= 11 is 5.63. The van der Waals surface area contributed by atoms with Crippen LogP contribution in [-0.4, -0.2) is 24.4 Å². The van der Waals surface area contributed by atoms with Crippen molar-refractivity contribution < 1.29 is 22.3 Å². The predicted octanol–water partition coefficient (Wildman–Crippen LogP) is 2.76. The number of amides is 1. The van der Waals surface area contributed by atoms with E-state index in [2.05, 4.69) is 5.32 Å². The van der Waals surface area contributed by atoms with Crippen LogP contribution in [0.4, 0.5) is 10.1 Å². The Bertz CT molecular complexity index is 915. The summed E-state index contributed by atoms with van der Waals surface area (Å²) in [7, 11) is -4.16. The molecule has 0 bridgehead atoms. The lowest BCUT2D eigenvalue weighted by Crippen LogP contribution is -2.26. The van der Waals surface area contributed by atoms with Crippen LogP contribution >= 0.6 is 11.6 Å². The average molecular weight is 371 g/mol. The fourth-order valence-corrected chi connectivity index (χ4v) is 3.69. The van der Waals surface area contributed by atoms with Crippen molar-refractivity contribution in [3.8, 4) is 0 Å². The predicted molar refractivity (Wildman–Crippen MR) is 85.7 cm³/mol. The van der Waals surface area contributed by atoms with Gasteiger partial charge in [0.25, 0.3) is 15.9 Å². The van der Waals surface area contributed by atoms with Crippen molar-refractivity contribution in [1.29, 1.82) is 0 Å². The molecule has 3 rings (SSSR count). The van der Waals surface area contributed by atoms with Crippen molar-refractivity contribution in [3.63, 3.8) is 0 Å². The molecule has 0 spiro atoms. The van der Waals surface area contributed by atoms with Gasteiger partial charge in [-0.1, -0.05) is 17.7 Å². The summed E-state index contributed by atoms with van der Waals surface area (Å²) < 4.78 is 44.8. The van der Waals surface area contributed by atoms with E-state index < -0.39 is 32.7 Å². The number of carbonyl (C=O) groups is 1. The lowest BCUT2D eigenvalue weighted by Gasteiger charge is -2.10. The molecule has 24 heavy (non-hydrogen) atoms. The second-order valence-corrected chi connectivity index (χ2v) is 7.23. The number of hydrogen-bond donors (Lipinski definition) is 1. The highest BCUT2D eigenvalue weighted by Gasteiger charge is 2.24. The fourth-order valence-electron chi connectivity index (χ4n) is 2.17. The van der Waals surface area contributed by atoms with E-state index in [-0.39, 0.29) is 10.7 Å². The normalized spacial score (nSPS) is 16.8. The van der Waals surface area contributed by atoms with Crippen molar-refractivity contribution in [2.45, 2.75) is 17.4 Å². The molecule has 126 valence electrons. The summed E-state index contributed by atoms with van der Waals surface area (Å²) in [6, 6.07) is 5.11. The summed E-state index contributed by atoms with van der Waals surface area (Å²) in [5.41, 5.74) is 0.251. The van der Waals surface area contributed by atoms with Gasteiger partial charge in [-0.25, -0.2) is 16.8 Å². The Morgan fingerprint density at radius 1 is 1.38 bits per heavy atom. The Balaban J connectivity index is 1.84. The first-order valence-electron chi connectivity index (χ1n) is 6.88.